The molecule has 0 bridgehead atoms. The van der Waals surface area contributed by atoms with E-state index in [9.17, 15) is 9.59 Å². The highest BCUT2D eigenvalue weighted by atomic mass is 16.5. The first-order valence-corrected chi connectivity index (χ1v) is 12.2. The van der Waals surface area contributed by atoms with E-state index in [1.807, 2.05) is 36.1 Å². The van der Waals surface area contributed by atoms with Crippen molar-refractivity contribution < 1.29 is 9.53 Å². The van der Waals surface area contributed by atoms with Gasteiger partial charge in [0.1, 0.15) is 0 Å². The van der Waals surface area contributed by atoms with Gasteiger partial charge >= 0.3 is 0 Å². The van der Waals surface area contributed by atoms with Gasteiger partial charge < -0.3 is 15.0 Å². The number of fused-ring (bicyclic) bond motifs is 1. The summed E-state index contributed by atoms with van der Waals surface area (Å²) in [6.45, 7) is 7.66. The van der Waals surface area contributed by atoms with Crippen LogP contribution in [0.5, 0.6) is 0 Å². The Kier molecular flexibility index (Phi) is 7.95. The molecule has 1 saturated heterocycles. The summed E-state index contributed by atoms with van der Waals surface area (Å²) in [4.78, 5) is 33.1. The standard InChI is InChI=1S/C27H34N4O3/c1-3-34-17-7-15-28-26(32)22-8-6-16-30(19-22)25-27(33)31(18-21-13-11-20(2)12-14-21)24-10-5-4-9-23(24)29-25/h4-5,9-14,22H,3,6-8,15-19H2,1-2H3,(H,28,32)/t22-/m1/s1. The number of nitrogens with zero attached hydrogens (tertiary/aromatic N) is 3. The molecule has 34 heavy (non-hydrogen) atoms. The Hall–Kier alpha value is -3.19. The van der Waals surface area contributed by atoms with Gasteiger partial charge in [0.25, 0.3) is 5.56 Å². The summed E-state index contributed by atoms with van der Waals surface area (Å²) in [5, 5.41) is 3.03. The smallest absolute Gasteiger partial charge is 0.294 e. The summed E-state index contributed by atoms with van der Waals surface area (Å²) in [5.74, 6) is 0.320. The lowest BCUT2D eigenvalue weighted by molar-refractivity contribution is -0.125. The van der Waals surface area contributed by atoms with Crippen molar-refractivity contribution in [2.24, 2.45) is 5.92 Å². The van der Waals surface area contributed by atoms with Crippen molar-refractivity contribution in [3.8, 4) is 0 Å². The maximum Gasteiger partial charge on any atom is 0.294 e. The minimum Gasteiger partial charge on any atom is -0.382 e. The number of piperidine rings is 1. The van der Waals surface area contributed by atoms with Crippen LogP contribution in [0.15, 0.2) is 53.3 Å². The zero-order chi connectivity index (χ0) is 23.9. The van der Waals surface area contributed by atoms with Gasteiger partial charge in [-0.1, -0.05) is 42.0 Å². The molecule has 1 fully saturated rings. The monoisotopic (exact) mass is 462 g/mol. The number of carbonyl (C=O) groups excluding carboxylic acids is 1. The second-order valence-corrected chi connectivity index (χ2v) is 8.93. The third-order valence-electron chi connectivity index (χ3n) is 6.36. The van der Waals surface area contributed by atoms with E-state index < -0.39 is 0 Å². The highest BCUT2D eigenvalue weighted by molar-refractivity contribution is 5.80. The molecule has 1 aliphatic rings. The van der Waals surface area contributed by atoms with Crippen molar-refractivity contribution in [1.82, 2.24) is 14.9 Å². The number of benzene rings is 2. The summed E-state index contributed by atoms with van der Waals surface area (Å²) in [6, 6.07) is 16.0. The van der Waals surface area contributed by atoms with Crippen LogP contribution in [0.2, 0.25) is 0 Å². The van der Waals surface area contributed by atoms with E-state index in [1.165, 1.54) is 5.56 Å². The van der Waals surface area contributed by atoms with Gasteiger partial charge in [-0.05, 0) is 50.8 Å². The molecule has 1 aromatic heterocycles. The lowest BCUT2D eigenvalue weighted by atomic mass is 9.97. The number of aromatic nitrogens is 2. The average Bonchev–Trinajstić information content (AvgIpc) is 2.86. The molecule has 1 amide bonds. The molecule has 0 saturated carbocycles. The number of hydrogen-bond acceptors (Lipinski definition) is 5. The van der Waals surface area contributed by atoms with Crippen molar-refractivity contribution in [2.45, 2.75) is 39.7 Å². The van der Waals surface area contributed by atoms with Crippen molar-refractivity contribution in [3.63, 3.8) is 0 Å². The van der Waals surface area contributed by atoms with Crippen LogP contribution in [0.4, 0.5) is 5.82 Å². The Morgan fingerprint density at radius 1 is 1.18 bits per heavy atom. The molecule has 1 aliphatic heterocycles. The Morgan fingerprint density at radius 2 is 1.97 bits per heavy atom. The quantitative estimate of drug-likeness (QED) is 0.493. The van der Waals surface area contributed by atoms with E-state index in [0.717, 1.165) is 42.4 Å². The van der Waals surface area contributed by atoms with Crippen molar-refractivity contribution >= 4 is 22.8 Å². The van der Waals surface area contributed by atoms with Gasteiger partial charge in [0, 0.05) is 32.8 Å². The minimum atomic E-state index is -0.154. The van der Waals surface area contributed by atoms with E-state index in [-0.39, 0.29) is 17.4 Å². The van der Waals surface area contributed by atoms with E-state index in [1.54, 1.807) is 4.57 Å². The molecule has 0 unspecified atom stereocenters. The van der Waals surface area contributed by atoms with E-state index in [0.29, 0.717) is 38.7 Å². The minimum absolute atomic E-state index is 0.0435. The molecule has 4 rings (SSSR count). The zero-order valence-electron chi connectivity index (χ0n) is 20.1. The number of carbonyl (C=O) groups is 1. The first kappa shape index (κ1) is 24.0. The van der Waals surface area contributed by atoms with Crippen molar-refractivity contribution in [2.75, 3.05) is 37.7 Å². The van der Waals surface area contributed by atoms with E-state index >= 15 is 0 Å². The molecule has 3 aromatic rings. The summed E-state index contributed by atoms with van der Waals surface area (Å²) in [5.41, 5.74) is 3.74. The van der Waals surface area contributed by atoms with Gasteiger partial charge in [-0.15, -0.1) is 0 Å². The van der Waals surface area contributed by atoms with E-state index in [2.05, 4.69) is 36.5 Å². The largest absolute Gasteiger partial charge is 0.382 e. The van der Waals surface area contributed by atoms with Gasteiger partial charge in [-0.25, -0.2) is 4.98 Å². The second kappa shape index (κ2) is 11.3. The summed E-state index contributed by atoms with van der Waals surface area (Å²) in [7, 11) is 0. The second-order valence-electron chi connectivity index (χ2n) is 8.93. The molecule has 180 valence electrons. The number of amides is 1. The fraction of sp³-hybridized carbons (Fsp3) is 0.444. The van der Waals surface area contributed by atoms with Gasteiger partial charge in [-0.2, -0.15) is 0 Å². The summed E-state index contributed by atoms with van der Waals surface area (Å²) >= 11 is 0. The zero-order valence-corrected chi connectivity index (χ0v) is 20.1. The van der Waals surface area contributed by atoms with Crippen molar-refractivity contribution in [3.05, 3.63) is 70.0 Å². The maximum absolute atomic E-state index is 13.6. The third kappa shape index (κ3) is 5.65. The Bertz CT molecular complexity index is 1170. The molecule has 0 aliphatic carbocycles. The highest BCUT2D eigenvalue weighted by Gasteiger charge is 2.28. The number of hydrogen-bond donors (Lipinski definition) is 1. The SMILES string of the molecule is CCOCCCNC(=O)[C@@H]1CCCN(c2nc3ccccc3n(Cc3ccc(C)cc3)c2=O)C1. The number of aryl methyl sites for hydroxylation is 1. The number of nitrogens with one attached hydrogen (secondary N) is 1. The fourth-order valence-electron chi connectivity index (χ4n) is 4.48. The van der Waals surface area contributed by atoms with Crippen LogP contribution in [-0.2, 0) is 16.1 Å². The van der Waals surface area contributed by atoms with Crippen LogP contribution in [0.25, 0.3) is 11.0 Å². The molecular formula is C27H34N4O3. The molecule has 7 nitrogen and oxygen atoms in total. The normalized spacial score (nSPS) is 16.1. The van der Waals surface area contributed by atoms with Gasteiger partial charge in [0.15, 0.2) is 5.82 Å². The van der Waals surface area contributed by atoms with Crippen LogP contribution in [-0.4, -0.2) is 48.3 Å². The Labute approximate surface area is 200 Å². The molecule has 2 aromatic carbocycles. The maximum atomic E-state index is 13.6. The number of anilines is 1. The van der Waals surface area contributed by atoms with Crippen LogP contribution < -0.4 is 15.8 Å². The van der Waals surface area contributed by atoms with Crippen LogP contribution >= 0.6 is 0 Å². The molecule has 0 radical (unpaired) electrons. The third-order valence-corrected chi connectivity index (χ3v) is 6.36. The molecule has 1 atom stereocenters. The molecule has 1 N–H and O–H groups in total. The summed E-state index contributed by atoms with van der Waals surface area (Å²) < 4.78 is 7.14. The predicted molar refractivity (Wildman–Crippen MR) is 135 cm³/mol. The van der Waals surface area contributed by atoms with Crippen molar-refractivity contribution in [1.29, 1.82) is 0 Å². The van der Waals surface area contributed by atoms with Gasteiger partial charge in [0.05, 0.1) is 23.5 Å². The van der Waals surface area contributed by atoms with Crippen LogP contribution in [0.3, 0.4) is 0 Å². The predicted octanol–water partition coefficient (Wildman–Crippen LogP) is 3.51. The highest BCUT2D eigenvalue weighted by Crippen LogP contribution is 2.22. The first-order chi connectivity index (χ1) is 16.6. The number of ether oxygens (including phenoxy) is 1. The topological polar surface area (TPSA) is 76.5 Å². The first-order valence-electron chi connectivity index (χ1n) is 12.2. The van der Waals surface area contributed by atoms with Gasteiger partial charge in [-0.3, -0.25) is 14.2 Å². The lowest BCUT2D eigenvalue weighted by Crippen LogP contribution is -2.46. The van der Waals surface area contributed by atoms with Gasteiger partial charge in [0.2, 0.25) is 5.91 Å². The Morgan fingerprint density at radius 3 is 2.76 bits per heavy atom. The Balaban J connectivity index is 1.56. The van der Waals surface area contributed by atoms with Crippen LogP contribution in [0.1, 0.15) is 37.3 Å². The van der Waals surface area contributed by atoms with Crippen LogP contribution in [0, 0.1) is 12.8 Å². The lowest BCUT2D eigenvalue weighted by Gasteiger charge is -2.32. The number of rotatable bonds is 9. The summed E-state index contributed by atoms with van der Waals surface area (Å²) in [6.07, 6.45) is 2.47. The molecule has 0 spiro atoms. The molecule has 7 heteroatoms. The van der Waals surface area contributed by atoms with E-state index in [4.69, 9.17) is 9.72 Å². The number of para-hydroxylation sites is 2. The molecular weight excluding hydrogens is 428 g/mol. The fourth-order valence-corrected chi connectivity index (χ4v) is 4.48. The average molecular weight is 463 g/mol. The molecule has 2 heterocycles.